The van der Waals surface area contributed by atoms with Gasteiger partial charge in [-0.2, -0.15) is 0 Å². The van der Waals surface area contributed by atoms with Crippen LogP contribution in [0.1, 0.15) is 30.5 Å². The van der Waals surface area contributed by atoms with E-state index in [4.69, 9.17) is 23.2 Å². The summed E-state index contributed by atoms with van der Waals surface area (Å²) in [6.45, 7) is 5.68. The monoisotopic (exact) mass is 665 g/mol. The number of anilines is 1. The van der Waals surface area contributed by atoms with Crippen LogP contribution in [0.25, 0.3) is 0 Å². The van der Waals surface area contributed by atoms with Crippen molar-refractivity contribution in [2.45, 2.75) is 44.7 Å². The highest BCUT2D eigenvalue weighted by Gasteiger charge is 2.35. The van der Waals surface area contributed by atoms with Gasteiger partial charge in [-0.3, -0.25) is 13.9 Å². The maximum absolute atomic E-state index is 14.5. The van der Waals surface area contributed by atoms with Gasteiger partial charge in [0.15, 0.2) is 0 Å². The summed E-state index contributed by atoms with van der Waals surface area (Å²) in [6.07, 6.45) is 0.206. The Bertz CT molecular complexity index is 1700. The average molecular weight is 667 g/mol. The fourth-order valence-corrected chi connectivity index (χ4v) is 6.67. The topological polar surface area (TPSA) is 86.8 Å². The fourth-order valence-electron chi connectivity index (χ4n) is 4.77. The Kier molecular flexibility index (Phi) is 11.7. The molecule has 0 bridgehead atoms. The molecule has 1 atom stereocenters. The summed E-state index contributed by atoms with van der Waals surface area (Å²) < 4.78 is 29.2. The van der Waals surface area contributed by atoms with Crippen LogP contribution in [0.4, 0.5) is 5.69 Å². The summed E-state index contributed by atoms with van der Waals surface area (Å²) >= 11 is 12.7. The summed E-state index contributed by atoms with van der Waals surface area (Å²) in [5.41, 5.74) is 2.67. The lowest BCUT2D eigenvalue weighted by molar-refractivity contribution is -0.140. The molecule has 0 fully saturated rings. The number of carbonyl (C=O) groups excluding carboxylic acids is 2. The van der Waals surface area contributed by atoms with Gasteiger partial charge in [0.2, 0.25) is 11.8 Å². The van der Waals surface area contributed by atoms with Gasteiger partial charge in [0.05, 0.1) is 10.6 Å². The highest BCUT2D eigenvalue weighted by molar-refractivity contribution is 7.92. The predicted octanol–water partition coefficient (Wildman–Crippen LogP) is 6.91. The zero-order valence-electron chi connectivity index (χ0n) is 25.5. The van der Waals surface area contributed by atoms with Crippen LogP contribution in [0.2, 0.25) is 10.0 Å². The molecule has 236 valence electrons. The van der Waals surface area contributed by atoms with Gasteiger partial charge in [-0.1, -0.05) is 109 Å². The predicted molar refractivity (Wildman–Crippen MR) is 181 cm³/mol. The number of hydrogen-bond donors (Lipinski definition) is 1. The van der Waals surface area contributed by atoms with Crippen LogP contribution in [0, 0.1) is 12.8 Å². The minimum Gasteiger partial charge on any atom is -0.354 e. The van der Waals surface area contributed by atoms with E-state index in [9.17, 15) is 18.0 Å². The molecule has 1 unspecified atom stereocenters. The fraction of sp³-hybridized carbons (Fsp3) is 0.257. The maximum Gasteiger partial charge on any atom is 0.264 e. The van der Waals surface area contributed by atoms with Crippen molar-refractivity contribution in [2.24, 2.45) is 5.92 Å². The van der Waals surface area contributed by atoms with E-state index in [0.29, 0.717) is 27.8 Å². The van der Waals surface area contributed by atoms with Crippen LogP contribution in [0.15, 0.2) is 108 Å². The molecule has 45 heavy (non-hydrogen) atoms. The average Bonchev–Trinajstić information content (AvgIpc) is 3.02. The second-order valence-electron chi connectivity index (χ2n) is 11.3. The summed E-state index contributed by atoms with van der Waals surface area (Å²) in [4.78, 5) is 29.8. The van der Waals surface area contributed by atoms with Crippen LogP contribution < -0.4 is 9.62 Å². The zero-order chi connectivity index (χ0) is 32.6. The standard InChI is InChI=1S/C35H37Cl2N3O4S/c1-25(2)22-38-35(42)33(20-27-10-6-4-7-11-27)39(23-28-16-17-29(36)21-32(28)37)34(41)24-40(30-18-14-26(3)15-19-30)45(43,44)31-12-8-5-9-13-31/h4-19,21,25,33H,20,22-24H2,1-3H3,(H,38,42). The molecule has 0 aliphatic carbocycles. The molecule has 0 aliphatic rings. The van der Waals surface area contributed by atoms with Gasteiger partial charge >= 0.3 is 0 Å². The van der Waals surface area contributed by atoms with Crippen LogP contribution in [0.5, 0.6) is 0 Å². The molecular formula is C35H37Cl2N3O4S. The lowest BCUT2D eigenvalue weighted by Gasteiger charge is -2.34. The number of benzene rings is 4. The molecular weight excluding hydrogens is 629 g/mol. The minimum atomic E-state index is -4.17. The quantitative estimate of drug-likeness (QED) is 0.168. The SMILES string of the molecule is Cc1ccc(N(CC(=O)N(Cc2ccc(Cl)cc2Cl)C(Cc2ccccc2)C(=O)NCC(C)C)S(=O)(=O)c2ccccc2)cc1. The lowest BCUT2D eigenvalue weighted by atomic mass is 10.0. The Morgan fingerprint density at radius 3 is 2.07 bits per heavy atom. The Morgan fingerprint density at radius 2 is 1.47 bits per heavy atom. The van der Waals surface area contributed by atoms with Gasteiger partial charge in [-0.15, -0.1) is 0 Å². The van der Waals surface area contributed by atoms with Gasteiger partial charge in [-0.05, 0) is 60.4 Å². The molecule has 1 N–H and O–H groups in total. The van der Waals surface area contributed by atoms with Crippen molar-refractivity contribution in [1.82, 2.24) is 10.2 Å². The van der Waals surface area contributed by atoms with E-state index >= 15 is 0 Å². The molecule has 4 aromatic rings. The second kappa shape index (κ2) is 15.4. The zero-order valence-corrected chi connectivity index (χ0v) is 27.8. The van der Waals surface area contributed by atoms with Gasteiger partial charge in [0.25, 0.3) is 10.0 Å². The molecule has 4 rings (SSSR count). The third-order valence-electron chi connectivity index (χ3n) is 7.24. The van der Waals surface area contributed by atoms with E-state index in [1.807, 2.05) is 51.1 Å². The number of hydrogen-bond acceptors (Lipinski definition) is 4. The van der Waals surface area contributed by atoms with E-state index in [1.165, 1.54) is 17.0 Å². The van der Waals surface area contributed by atoms with Crippen LogP contribution in [-0.4, -0.2) is 44.3 Å². The number of halogens is 2. The van der Waals surface area contributed by atoms with E-state index in [-0.39, 0.29) is 29.7 Å². The summed E-state index contributed by atoms with van der Waals surface area (Å²) in [5.74, 6) is -0.741. The Labute approximate surface area is 275 Å². The lowest BCUT2D eigenvalue weighted by Crippen LogP contribution is -2.53. The van der Waals surface area contributed by atoms with Crippen LogP contribution in [-0.2, 0) is 32.6 Å². The Morgan fingerprint density at radius 1 is 0.844 bits per heavy atom. The van der Waals surface area contributed by atoms with Gasteiger partial charge in [0.1, 0.15) is 12.6 Å². The van der Waals surface area contributed by atoms with Gasteiger partial charge < -0.3 is 10.2 Å². The molecule has 0 spiro atoms. The molecule has 10 heteroatoms. The van der Waals surface area contributed by atoms with E-state index in [2.05, 4.69) is 5.32 Å². The molecule has 0 radical (unpaired) electrons. The maximum atomic E-state index is 14.5. The van der Waals surface area contributed by atoms with Gasteiger partial charge in [-0.25, -0.2) is 8.42 Å². The third kappa shape index (κ3) is 9.10. The van der Waals surface area contributed by atoms with Gasteiger partial charge in [0, 0.05) is 29.6 Å². The molecule has 7 nitrogen and oxygen atoms in total. The number of nitrogens with one attached hydrogen (secondary N) is 1. The molecule has 4 aromatic carbocycles. The highest BCUT2D eigenvalue weighted by Crippen LogP contribution is 2.27. The highest BCUT2D eigenvalue weighted by atomic mass is 35.5. The van der Waals surface area contributed by atoms with Crippen LogP contribution >= 0.6 is 23.2 Å². The number of amides is 2. The minimum absolute atomic E-state index is 0.0428. The third-order valence-corrected chi connectivity index (χ3v) is 9.62. The van der Waals surface area contributed by atoms with Crippen molar-refractivity contribution >= 4 is 50.7 Å². The molecule has 0 aliphatic heterocycles. The number of sulfonamides is 1. The number of rotatable bonds is 13. The first-order valence-electron chi connectivity index (χ1n) is 14.6. The molecule has 2 amide bonds. The summed E-state index contributed by atoms with van der Waals surface area (Å²) in [5, 5.41) is 3.73. The smallest absolute Gasteiger partial charge is 0.264 e. The largest absolute Gasteiger partial charge is 0.354 e. The van der Waals surface area contributed by atoms with Crippen molar-refractivity contribution in [3.05, 3.63) is 130 Å². The Balaban J connectivity index is 1.81. The number of aryl methyl sites for hydroxylation is 1. The molecule has 0 saturated heterocycles. The summed E-state index contributed by atoms with van der Waals surface area (Å²) in [7, 11) is -4.17. The molecule has 0 aromatic heterocycles. The molecule has 0 heterocycles. The van der Waals surface area contributed by atoms with Crippen molar-refractivity contribution in [3.63, 3.8) is 0 Å². The number of carbonyl (C=O) groups is 2. The van der Waals surface area contributed by atoms with Crippen molar-refractivity contribution in [2.75, 3.05) is 17.4 Å². The Hall–Kier alpha value is -3.85. The second-order valence-corrected chi connectivity index (χ2v) is 14.0. The number of nitrogens with zero attached hydrogens (tertiary/aromatic N) is 2. The van der Waals surface area contributed by atoms with Crippen LogP contribution in [0.3, 0.4) is 0 Å². The summed E-state index contributed by atoms with van der Waals surface area (Å²) in [6, 6.07) is 28.2. The van der Waals surface area contributed by atoms with E-state index in [0.717, 1.165) is 15.4 Å². The van der Waals surface area contributed by atoms with E-state index in [1.54, 1.807) is 60.7 Å². The van der Waals surface area contributed by atoms with Crippen molar-refractivity contribution in [3.8, 4) is 0 Å². The first-order valence-corrected chi connectivity index (χ1v) is 16.8. The molecule has 0 saturated carbocycles. The first-order chi connectivity index (χ1) is 21.5. The normalized spacial score (nSPS) is 12.0. The first kappa shape index (κ1) is 34.0. The van der Waals surface area contributed by atoms with Crippen molar-refractivity contribution in [1.29, 1.82) is 0 Å². The van der Waals surface area contributed by atoms with E-state index < -0.39 is 28.5 Å². The van der Waals surface area contributed by atoms with Crippen molar-refractivity contribution < 1.29 is 18.0 Å².